The molecular weight excluding hydrogens is 256 g/mol. The van der Waals surface area contributed by atoms with E-state index >= 15 is 0 Å². The van der Waals surface area contributed by atoms with Crippen molar-refractivity contribution in [3.05, 3.63) is 18.0 Å². The van der Waals surface area contributed by atoms with Gasteiger partial charge >= 0.3 is 0 Å². The predicted octanol–water partition coefficient (Wildman–Crippen LogP) is 0.783. The molecule has 3 rings (SSSR count). The molecule has 0 spiro atoms. The molecule has 6 nitrogen and oxygen atoms in total. The second-order valence-electron chi connectivity index (χ2n) is 5.67. The molecule has 2 fully saturated rings. The largest absolute Gasteiger partial charge is 0.377 e. The lowest BCUT2D eigenvalue weighted by Crippen LogP contribution is -2.46. The van der Waals surface area contributed by atoms with Crippen molar-refractivity contribution in [3.63, 3.8) is 0 Å². The molecule has 0 aromatic carbocycles. The van der Waals surface area contributed by atoms with Gasteiger partial charge in [0.2, 0.25) is 0 Å². The molecule has 110 valence electrons. The Labute approximate surface area is 118 Å². The first-order valence-electron chi connectivity index (χ1n) is 7.45. The Bertz CT molecular complexity index is 420. The first-order chi connectivity index (χ1) is 9.81. The van der Waals surface area contributed by atoms with Crippen LogP contribution in [0, 0.1) is 0 Å². The first kappa shape index (κ1) is 13.6. The van der Waals surface area contributed by atoms with E-state index in [1.807, 2.05) is 0 Å². The van der Waals surface area contributed by atoms with Crippen LogP contribution >= 0.6 is 0 Å². The van der Waals surface area contributed by atoms with Gasteiger partial charge < -0.3 is 15.0 Å². The Hall–Kier alpha value is -1.40. The van der Waals surface area contributed by atoms with E-state index in [9.17, 15) is 4.79 Å². The van der Waals surface area contributed by atoms with Crippen LogP contribution in [0.25, 0.3) is 0 Å². The average molecular weight is 278 g/mol. The Balaban J connectivity index is 1.40. The number of nitrogens with zero attached hydrogens (tertiary/aromatic N) is 2. The van der Waals surface area contributed by atoms with Crippen molar-refractivity contribution in [2.24, 2.45) is 0 Å². The van der Waals surface area contributed by atoms with E-state index < -0.39 is 0 Å². The third-order valence-corrected chi connectivity index (χ3v) is 4.17. The molecule has 2 aliphatic heterocycles. The Morgan fingerprint density at radius 2 is 2.30 bits per heavy atom. The summed E-state index contributed by atoms with van der Waals surface area (Å²) in [6.07, 6.45) is 8.02. The smallest absolute Gasteiger partial charge is 0.254 e. The van der Waals surface area contributed by atoms with E-state index in [-0.39, 0.29) is 11.9 Å². The maximum Gasteiger partial charge on any atom is 0.254 e. The van der Waals surface area contributed by atoms with Crippen LogP contribution in [0.1, 0.15) is 36.0 Å². The quantitative estimate of drug-likeness (QED) is 0.854. The summed E-state index contributed by atoms with van der Waals surface area (Å²) < 4.78 is 5.67. The highest BCUT2D eigenvalue weighted by molar-refractivity contribution is 5.93. The Morgan fingerprint density at radius 1 is 1.45 bits per heavy atom. The van der Waals surface area contributed by atoms with Crippen molar-refractivity contribution < 1.29 is 9.53 Å². The molecular formula is C14H22N4O2. The van der Waals surface area contributed by atoms with Gasteiger partial charge in [-0.05, 0) is 25.7 Å². The average Bonchev–Trinajstić information content (AvgIpc) is 3.13. The zero-order valence-electron chi connectivity index (χ0n) is 11.7. The van der Waals surface area contributed by atoms with Gasteiger partial charge in [-0.1, -0.05) is 0 Å². The van der Waals surface area contributed by atoms with Gasteiger partial charge in [-0.25, -0.2) is 0 Å². The zero-order valence-corrected chi connectivity index (χ0v) is 11.7. The number of aromatic amines is 1. The lowest BCUT2D eigenvalue weighted by atomic mass is 10.0. The minimum absolute atomic E-state index is 0.0312. The van der Waals surface area contributed by atoms with E-state index in [0.717, 1.165) is 39.1 Å². The number of hydrogen-bond donors (Lipinski definition) is 2. The summed E-state index contributed by atoms with van der Waals surface area (Å²) in [5.74, 6) is -0.0312. The van der Waals surface area contributed by atoms with Crippen molar-refractivity contribution in [1.29, 1.82) is 0 Å². The molecule has 0 bridgehead atoms. The summed E-state index contributed by atoms with van der Waals surface area (Å²) in [7, 11) is 0. The number of likely N-dealkylation sites (tertiary alicyclic amines) is 1. The number of rotatable bonds is 4. The number of nitrogens with one attached hydrogen (secondary N) is 2. The molecule has 1 aromatic heterocycles. The van der Waals surface area contributed by atoms with E-state index in [1.54, 1.807) is 12.4 Å². The Kier molecular flexibility index (Phi) is 4.32. The van der Waals surface area contributed by atoms with Crippen LogP contribution in [0.5, 0.6) is 0 Å². The third-order valence-electron chi connectivity index (χ3n) is 4.17. The monoisotopic (exact) mass is 278 g/mol. The molecule has 0 unspecified atom stereocenters. The molecule has 1 atom stereocenters. The molecule has 2 N–H and O–H groups in total. The molecule has 1 amide bonds. The standard InChI is InChI=1S/C14H22N4O2/c19-14(11-8-15-16-9-11)17-12-3-5-18(6-4-12)10-13-2-1-7-20-13/h8-9,12-13H,1-7,10H2,(H,15,16)(H,17,19)/t13-/m0/s1. The summed E-state index contributed by atoms with van der Waals surface area (Å²) in [5.41, 5.74) is 0.604. The van der Waals surface area contributed by atoms with Gasteiger partial charge in [0.1, 0.15) is 0 Å². The number of aromatic nitrogens is 2. The van der Waals surface area contributed by atoms with Crippen LogP contribution in [0.15, 0.2) is 12.4 Å². The van der Waals surface area contributed by atoms with Crippen molar-refractivity contribution in [2.45, 2.75) is 37.8 Å². The van der Waals surface area contributed by atoms with Crippen LogP contribution < -0.4 is 5.32 Å². The molecule has 3 heterocycles. The first-order valence-corrected chi connectivity index (χ1v) is 7.45. The highest BCUT2D eigenvalue weighted by atomic mass is 16.5. The van der Waals surface area contributed by atoms with Gasteiger partial charge in [0, 0.05) is 38.5 Å². The highest BCUT2D eigenvalue weighted by Gasteiger charge is 2.24. The number of carbonyl (C=O) groups excluding carboxylic acids is 1. The summed E-state index contributed by atoms with van der Waals surface area (Å²) in [4.78, 5) is 14.4. The fraction of sp³-hybridized carbons (Fsp3) is 0.714. The lowest BCUT2D eigenvalue weighted by molar-refractivity contribution is 0.0613. The van der Waals surface area contributed by atoms with Crippen LogP contribution in [0.3, 0.4) is 0 Å². The SMILES string of the molecule is O=C(NC1CCN(C[C@@H]2CCCO2)CC1)c1cn[nH]c1. The predicted molar refractivity (Wildman–Crippen MR) is 74.5 cm³/mol. The van der Waals surface area contributed by atoms with Gasteiger partial charge in [-0.2, -0.15) is 5.10 Å². The summed E-state index contributed by atoms with van der Waals surface area (Å²) >= 11 is 0. The lowest BCUT2D eigenvalue weighted by Gasteiger charge is -2.33. The van der Waals surface area contributed by atoms with E-state index in [1.165, 1.54) is 12.8 Å². The number of piperidine rings is 1. The second kappa shape index (κ2) is 6.37. The van der Waals surface area contributed by atoms with Crippen LogP contribution in [0.2, 0.25) is 0 Å². The van der Waals surface area contributed by atoms with E-state index in [4.69, 9.17) is 4.74 Å². The normalized spacial score (nSPS) is 24.9. The number of ether oxygens (including phenoxy) is 1. The number of H-pyrrole nitrogens is 1. The van der Waals surface area contributed by atoms with Gasteiger partial charge in [0.15, 0.2) is 0 Å². The summed E-state index contributed by atoms with van der Waals surface area (Å²) in [6.45, 7) is 4.04. The van der Waals surface area contributed by atoms with Gasteiger partial charge in [0.25, 0.3) is 5.91 Å². The fourth-order valence-electron chi connectivity index (χ4n) is 2.98. The molecule has 0 saturated carbocycles. The molecule has 6 heteroatoms. The van der Waals surface area contributed by atoms with E-state index in [2.05, 4.69) is 20.4 Å². The highest BCUT2D eigenvalue weighted by Crippen LogP contribution is 2.17. The number of hydrogen-bond acceptors (Lipinski definition) is 4. The molecule has 2 aliphatic rings. The third kappa shape index (κ3) is 3.37. The van der Waals surface area contributed by atoms with Crippen LogP contribution in [-0.2, 0) is 4.74 Å². The molecule has 1 aromatic rings. The molecule has 2 saturated heterocycles. The maximum absolute atomic E-state index is 11.9. The second-order valence-corrected chi connectivity index (χ2v) is 5.67. The van der Waals surface area contributed by atoms with Crippen molar-refractivity contribution in [1.82, 2.24) is 20.4 Å². The van der Waals surface area contributed by atoms with Crippen LogP contribution in [0.4, 0.5) is 0 Å². The summed E-state index contributed by atoms with van der Waals surface area (Å²) in [5, 5.41) is 9.54. The van der Waals surface area contributed by atoms with Crippen LogP contribution in [-0.4, -0.2) is 59.4 Å². The summed E-state index contributed by atoms with van der Waals surface area (Å²) in [6, 6.07) is 0.276. The minimum Gasteiger partial charge on any atom is -0.377 e. The zero-order chi connectivity index (χ0) is 13.8. The fourth-order valence-corrected chi connectivity index (χ4v) is 2.98. The molecule has 0 aliphatic carbocycles. The Morgan fingerprint density at radius 3 is 2.95 bits per heavy atom. The van der Waals surface area contributed by atoms with Crippen molar-refractivity contribution >= 4 is 5.91 Å². The van der Waals surface area contributed by atoms with Gasteiger partial charge in [-0.15, -0.1) is 0 Å². The van der Waals surface area contributed by atoms with Crippen molar-refractivity contribution in [2.75, 3.05) is 26.2 Å². The maximum atomic E-state index is 11.9. The topological polar surface area (TPSA) is 70.2 Å². The molecule has 0 radical (unpaired) electrons. The minimum atomic E-state index is -0.0312. The van der Waals surface area contributed by atoms with Gasteiger partial charge in [-0.3, -0.25) is 9.89 Å². The number of carbonyl (C=O) groups is 1. The molecule has 20 heavy (non-hydrogen) atoms. The van der Waals surface area contributed by atoms with E-state index in [0.29, 0.717) is 11.7 Å². The van der Waals surface area contributed by atoms with Gasteiger partial charge in [0.05, 0.1) is 17.9 Å². The number of amides is 1. The van der Waals surface area contributed by atoms with Crippen molar-refractivity contribution in [3.8, 4) is 0 Å².